The molecule has 2 aromatic carbocycles. The highest BCUT2D eigenvalue weighted by molar-refractivity contribution is 7.22. The number of halogens is 3. The minimum Gasteiger partial charge on any atom is -0.332 e. The fraction of sp³-hybridized carbons (Fsp3) is 0.304. The maximum Gasteiger partial charge on any atom is 0.493 e. The number of benzene rings is 2. The monoisotopic (exact) mass is 462 g/mol. The predicted molar refractivity (Wildman–Crippen MR) is 116 cm³/mol. The van der Waals surface area contributed by atoms with Gasteiger partial charge in [0, 0.05) is 21.7 Å². The number of likely N-dealkylation sites (tertiary alicyclic amines) is 1. The average molecular weight is 462 g/mol. The predicted octanol–water partition coefficient (Wildman–Crippen LogP) is 5.30. The number of fused-ring (bicyclic) bond motifs is 1. The molecule has 9 heteroatoms. The Kier molecular flexibility index (Phi) is 6.48. The van der Waals surface area contributed by atoms with Gasteiger partial charge in [-0.3, -0.25) is 9.69 Å². The zero-order valence-electron chi connectivity index (χ0n) is 17.1. The zero-order valence-corrected chi connectivity index (χ0v) is 17.9. The molecule has 1 amide bonds. The first-order valence-electron chi connectivity index (χ1n) is 10.2. The first-order valence-corrected chi connectivity index (χ1v) is 11.0. The van der Waals surface area contributed by atoms with Crippen molar-refractivity contribution in [3.05, 3.63) is 59.7 Å². The Morgan fingerprint density at radius 3 is 2.56 bits per heavy atom. The molecule has 0 atom stereocenters. The molecular formula is C23H21F3N2O3S. The summed E-state index contributed by atoms with van der Waals surface area (Å²) in [5.74, 6) is -3.41. The Balaban J connectivity index is 1.49. The van der Waals surface area contributed by atoms with E-state index in [4.69, 9.17) is 0 Å². The highest BCUT2D eigenvalue weighted by Crippen LogP contribution is 2.34. The Labute approximate surface area is 186 Å². The number of nitrogens with one attached hydrogen (secondary N) is 1. The summed E-state index contributed by atoms with van der Waals surface area (Å²) < 4.78 is 37.6. The summed E-state index contributed by atoms with van der Waals surface area (Å²) in [7, 11) is 0. The third-order valence-electron chi connectivity index (χ3n) is 5.31. The lowest BCUT2D eigenvalue weighted by atomic mass is 10.1. The van der Waals surface area contributed by atoms with E-state index in [0.29, 0.717) is 0 Å². The van der Waals surface area contributed by atoms with Crippen LogP contribution in [-0.2, 0) is 16.2 Å². The standard InChI is InChI=1S/C23H21F3N2O3S/c24-23(25,26)22(30)31-27-21(29)17-7-8-19-18(12-17)13-20(32-19)16-6-4-5-15(11-16)14-28-9-2-1-3-10-28/h4-8,11-13H,1-3,9-10,14H2,(H,27,29). The molecule has 1 aromatic heterocycles. The number of carbonyl (C=O) groups excluding carboxylic acids is 2. The molecule has 168 valence electrons. The molecule has 2 heterocycles. The summed E-state index contributed by atoms with van der Waals surface area (Å²) in [5, 5.41) is 0.779. The quantitative estimate of drug-likeness (QED) is 0.535. The maximum absolute atomic E-state index is 12.2. The smallest absolute Gasteiger partial charge is 0.332 e. The van der Waals surface area contributed by atoms with Crippen molar-refractivity contribution >= 4 is 33.3 Å². The van der Waals surface area contributed by atoms with Crippen LogP contribution in [0.15, 0.2) is 48.5 Å². The van der Waals surface area contributed by atoms with Crippen LogP contribution < -0.4 is 5.48 Å². The number of amides is 1. The van der Waals surface area contributed by atoms with Crippen molar-refractivity contribution in [2.75, 3.05) is 13.1 Å². The lowest BCUT2D eigenvalue weighted by Crippen LogP contribution is -2.34. The van der Waals surface area contributed by atoms with E-state index >= 15 is 0 Å². The average Bonchev–Trinajstić information content (AvgIpc) is 3.21. The van der Waals surface area contributed by atoms with E-state index in [2.05, 4.69) is 21.9 Å². The number of hydroxylamine groups is 1. The van der Waals surface area contributed by atoms with Crippen LogP contribution in [0.4, 0.5) is 13.2 Å². The van der Waals surface area contributed by atoms with Crippen LogP contribution in [0.1, 0.15) is 35.2 Å². The van der Waals surface area contributed by atoms with Gasteiger partial charge < -0.3 is 4.84 Å². The molecule has 32 heavy (non-hydrogen) atoms. The van der Waals surface area contributed by atoms with Crippen LogP contribution in [0, 0.1) is 0 Å². The molecule has 0 unspecified atom stereocenters. The lowest BCUT2D eigenvalue weighted by molar-refractivity contribution is -0.204. The zero-order chi connectivity index (χ0) is 22.7. The van der Waals surface area contributed by atoms with Gasteiger partial charge in [0.15, 0.2) is 0 Å². The van der Waals surface area contributed by atoms with Gasteiger partial charge in [0.2, 0.25) is 0 Å². The Morgan fingerprint density at radius 1 is 1.03 bits per heavy atom. The summed E-state index contributed by atoms with van der Waals surface area (Å²) in [6.45, 7) is 3.16. The number of hydrogen-bond donors (Lipinski definition) is 1. The van der Waals surface area contributed by atoms with Crippen LogP contribution in [-0.4, -0.2) is 36.0 Å². The van der Waals surface area contributed by atoms with Crippen LogP contribution >= 0.6 is 11.3 Å². The van der Waals surface area contributed by atoms with E-state index in [1.807, 2.05) is 18.2 Å². The molecule has 1 aliphatic heterocycles. The van der Waals surface area contributed by atoms with Crippen molar-refractivity contribution in [2.24, 2.45) is 0 Å². The van der Waals surface area contributed by atoms with Crippen LogP contribution in [0.3, 0.4) is 0 Å². The Bertz CT molecular complexity index is 1140. The SMILES string of the molecule is O=C(NOC(=O)C(F)(F)F)c1ccc2sc(-c3cccc(CN4CCCCC4)c3)cc2c1. The second-order valence-corrected chi connectivity index (χ2v) is 8.80. The van der Waals surface area contributed by atoms with E-state index in [0.717, 1.165) is 40.2 Å². The molecule has 1 saturated heterocycles. The van der Waals surface area contributed by atoms with Crippen molar-refractivity contribution in [3.8, 4) is 10.4 Å². The first-order chi connectivity index (χ1) is 15.3. The van der Waals surface area contributed by atoms with Gasteiger partial charge in [0.05, 0.1) is 0 Å². The molecule has 1 aliphatic rings. The summed E-state index contributed by atoms with van der Waals surface area (Å²) in [6, 6.07) is 15.1. The maximum atomic E-state index is 12.2. The minimum absolute atomic E-state index is 0.0932. The van der Waals surface area contributed by atoms with Gasteiger partial charge in [-0.2, -0.15) is 18.7 Å². The third-order valence-corrected chi connectivity index (χ3v) is 6.48. The second-order valence-electron chi connectivity index (χ2n) is 7.72. The minimum atomic E-state index is -5.18. The molecule has 0 spiro atoms. The fourth-order valence-corrected chi connectivity index (χ4v) is 4.77. The molecule has 0 radical (unpaired) electrons. The van der Waals surface area contributed by atoms with Crippen molar-refractivity contribution in [1.82, 2.24) is 10.4 Å². The van der Waals surface area contributed by atoms with E-state index in [1.165, 1.54) is 30.9 Å². The van der Waals surface area contributed by atoms with E-state index < -0.39 is 18.1 Å². The fourth-order valence-electron chi connectivity index (χ4n) is 3.74. The van der Waals surface area contributed by atoms with E-state index in [9.17, 15) is 22.8 Å². The summed E-state index contributed by atoms with van der Waals surface area (Å²) in [6.07, 6.45) is -1.41. The van der Waals surface area contributed by atoms with E-state index in [-0.39, 0.29) is 5.56 Å². The molecule has 1 fully saturated rings. The van der Waals surface area contributed by atoms with Gasteiger partial charge >= 0.3 is 12.1 Å². The number of thiophene rings is 1. The van der Waals surface area contributed by atoms with Gasteiger partial charge in [-0.1, -0.05) is 24.6 Å². The van der Waals surface area contributed by atoms with Gasteiger partial charge in [0.1, 0.15) is 0 Å². The Hall–Kier alpha value is -2.91. The topological polar surface area (TPSA) is 58.6 Å². The summed E-state index contributed by atoms with van der Waals surface area (Å²) in [5.41, 5.74) is 3.96. The molecular weight excluding hydrogens is 441 g/mol. The molecule has 0 saturated carbocycles. The van der Waals surface area contributed by atoms with Gasteiger partial charge in [0.25, 0.3) is 5.91 Å². The summed E-state index contributed by atoms with van der Waals surface area (Å²) in [4.78, 5) is 30.1. The highest BCUT2D eigenvalue weighted by atomic mass is 32.1. The number of alkyl halides is 3. The number of hydrogen-bond acceptors (Lipinski definition) is 5. The van der Waals surface area contributed by atoms with Gasteiger partial charge in [-0.25, -0.2) is 4.79 Å². The van der Waals surface area contributed by atoms with Crippen molar-refractivity contribution < 1.29 is 27.6 Å². The van der Waals surface area contributed by atoms with Crippen molar-refractivity contribution in [3.63, 3.8) is 0 Å². The Morgan fingerprint density at radius 2 is 1.81 bits per heavy atom. The second kappa shape index (κ2) is 9.30. The van der Waals surface area contributed by atoms with Crippen LogP contribution in [0.25, 0.3) is 20.5 Å². The number of rotatable bonds is 4. The van der Waals surface area contributed by atoms with Crippen molar-refractivity contribution in [1.29, 1.82) is 0 Å². The molecule has 0 bridgehead atoms. The first kappa shape index (κ1) is 22.3. The van der Waals surface area contributed by atoms with Gasteiger partial charge in [-0.15, -0.1) is 11.3 Å². The number of nitrogens with zero attached hydrogens (tertiary/aromatic N) is 1. The molecule has 4 rings (SSSR count). The van der Waals surface area contributed by atoms with E-state index in [1.54, 1.807) is 28.9 Å². The summed E-state index contributed by atoms with van der Waals surface area (Å²) >= 11 is 1.57. The van der Waals surface area contributed by atoms with Crippen LogP contribution in [0.5, 0.6) is 0 Å². The lowest BCUT2D eigenvalue weighted by Gasteiger charge is -2.26. The third kappa shape index (κ3) is 5.28. The van der Waals surface area contributed by atoms with Crippen LogP contribution in [0.2, 0.25) is 0 Å². The molecule has 5 nitrogen and oxygen atoms in total. The highest BCUT2D eigenvalue weighted by Gasteiger charge is 2.42. The normalized spacial score (nSPS) is 15.0. The largest absolute Gasteiger partial charge is 0.493 e. The molecule has 0 aliphatic carbocycles. The van der Waals surface area contributed by atoms with Gasteiger partial charge in [-0.05, 0) is 72.8 Å². The molecule has 1 N–H and O–H groups in total. The number of carbonyl (C=O) groups is 2. The number of piperidine rings is 1. The molecule has 3 aromatic rings. The van der Waals surface area contributed by atoms with Crippen molar-refractivity contribution in [2.45, 2.75) is 32.0 Å².